The largest absolute Gasteiger partial charge is 0.456 e. The van der Waals surface area contributed by atoms with Crippen LogP contribution in [0.15, 0.2) is 148 Å². The van der Waals surface area contributed by atoms with Crippen LogP contribution >= 0.6 is 15.9 Å². The van der Waals surface area contributed by atoms with E-state index in [1.807, 2.05) is 12.1 Å². The summed E-state index contributed by atoms with van der Waals surface area (Å²) in [6.45, 7) is 4.71. The summed E-state index contributed by atoms with van der Waals surface area (Å²) in [6.07, 6.45) is 9.86. The molecule has 8 rings (SSSR count). The summed E-state index contributed by atoms with van der Waals surface area (Å²) in [5.74, 6) is 0. The summed E-state index contributed by atoms with van der Waals surface area (Å²) < 4.78 is 7.28. The number of nitrogens with zero attached hydrogens (tertiary/aromatic N) is 1. The fraction of sp³-hybridized carbons (Fsp3) is 0.100. The highest BCUT2D eigenvalue weighted by atomic mass is 79.9. The number of allylic oxidation sites excluding steroid dienone is 6. The number of benzene rings is 5. The molecule has 208 valence electrons. The number of hydrogen-bond donors (Lipinski definition) is 0. The van der Waals surface area contributed by atoms with Crippen molar-refractivity contribution in [1.29, 1.82) is 0 Å². The molecule has 6 aromatic rings. The molecule has 0 unspecified atom stereocenters. The van der Waals surface area contributed by atoms with Gasteiger partial charge in [0.1, 0.15) is 11.2 Å². The molecule has 0 radical (unpaired) electrons. The first-order valence-corrected chi connectivity index (χ1v) is 15.6. The van der Waals surface area contributed by atoms with E-state index in [-0.39, 0.29) is 5.41 Å². The third kappa shape index (κ3) is 4.22. The van der Waals surface area contributed by atoms with E-state index in [0.717, 1.165) is 44.2 Å². The fourth-order valence-corrected chi connectivity index (χ4v) is 7.26. The standard InChI is InChI=1S/C40H30BrNO/c1-40(2)34-13-8-4-7-12-31(34)39-35(40)14-9-15-36(39)42(29-19-16-27(17-20-29)26-10-5-3-6-11-26)30-21-23-38-33(25-30)32-24-28(41)18-22-37(32)43-38/h3-11,13-25H,12H2,1-2H3. The molecule has 0 saturated carbocycles. The summed E-state index contributed by atoms with van der Waals surface area (Å²) in [4.78, 5) is 2.42. The van der Waals surface area contributed by atoms with Crippen LogP contribution in [0.1, 0.15) is 31.4 Å². The molecule has 1 aromatic heterocycles. The minimum Gasteiger partial charge on any atom is -0.456 e. The van der Waals surface area contributed by atoms with Crippen molar-refractivity contribution in [1.82, 2.24) is 0 Å². The van der Waals surface area contributed by atoms with Crippen LogP contribution < -0.4 is 4.90 Å². The lowest BCUT2D eigenvalue weighted by molar-refractivity contribution is 0.654. The minimum absolute atomic E-state index is 0.0803. The summed E-state index contributed by atoms with van der Waals surface area (Å²) in [6, 6.07) is 39.1. The van der Waals surface area contributed by atoms with Crippen molar-refractivity contribution in [2.24, 2.45) is 0 Å². The van der Waals surface area contributed by atoms with Gasteiger partial charge in [0.15, 0.2) is 0 Å². The highest BCUT2D eigenvalue weighted by Crippen LogP contribution is 2.54. The van der Waals surface area contributed by atoms with E-state index in [1.54, 1.807) is 0 Å². The predicted octanol–water partition coefficient (Wildman–Crippen LogP) is 12.0. The van der Waals surface area contributed by atoms with Crippen molar-refractivity contribution >= 4 is 60.5 Å². The van der Waals surface area contributed by atoms with Gasteiger partial charge in [0.2, 0.25) is 0 Å². The monoisotopic (exact) mass is 619 g/mol. The van der Waals surface area contributed by atoms with Gasteiger partial charge in [-0.05, 0) is 88.9 Å². The molecule has 5 aromatic carbocycles. The van der Waals surface area contributed by atoms with Crippen LogP contribution in [0.25, 0.3) is 38.6 Å². The Kier molecular flexibility index (Phi) is 6.06. The molecule has 0 N–H and O–H groups in total. The second-order valence-corrected chi connectivity index (χ2v) is 12.8. The predicted molar refractivity (Wildman–Crippen MR) is 184 cm³/mol. The van der Waals surface area contributed by atoms with Crippen molar-refractivity contribution in [3.05, 3.63) is 155 Å². The third-order valence-electron chi connectivity index (χ3n) is 8.99. The number of rotatable bonds is 4. The van der Waals surface area contributed by atoms with Crippen LogP contribution in [0.5, 0.6) is 0 Å². The molecule has 0 saturated heterocycles. The number of anilines is 3. The summed E-state index contributed by atoms with van der Waals surface area (Å²) in [5, 5.41) is 2.21. The van der Waals surface area contributed by atoms with E-state index < -0.39 is 0 Å². The van der Waals surface area contributed by atoms with Crippen molar-refractivity contribution < 1.29 is 4.42 Å². The highest BCUT2D eigenvalue weighted by Gasteiger charge is 2.38. The number of hydrogen-bond acceptors (Lipinski definition) is 2. The lowest BCUT2D eigenvalue weighted by Gasteiger charge is -2.29. The summed E-state index contributed by atoms with van der Waals surface area (Å²) >= 11 is 3.66. The second kappa shape index (κ2) is 10.00. The minimum atomic E-state index is -0.0803. The van der Waals surface area contributed by atoms with E-state index in [4.69, 9.17) is 4.42 Å². The molecule has 2 nitrogen and oxygen atoms in total. The van der Waals surface area contributed by atoms with Crippen molar-refractivity contribution in [3.63, 3.8) is 0 Å². The quantitative estimate of drug-likeness (QED) is 0.195. The maximum Gasteiger partial charge on any atom is 0.135 e. The van der Waals surface area contributed by atoms with Crippen LogP contribution in [0.3, 0.4) is 0 Å². The average Bonchev–Trinajstić information content (AvgIpc) is 3.34. The zero-order chi connectivity index (χ0) is 29.1. The fourth-order valence-electron chi connectivity index (χ4n) is 6.90. The highest BCUT2D eigenvalue weighted by molar-refractivity contribution is 9.10. The SMILES string of the molecule is CC1(C)C2=C(CC=CC=C2)c2c(N(c3ccc(-c4ccccc4)cc3)c3ccc4oc5ccc(Br)cc5c4c3)cccc21. The van der Waals surface area contributed by atoms with Gasteiger partial charge in [-0.3, -0.25) is 0 Å². The van der Waals surface area contributed by atoms with Crippen molar-refractivity contribution in [2.45, 2.75) is 25.7 Å². The van der Waals surface area contributed by atoms with Gasteiger partial charge in [-0.1, -0.05) is 109 Å². The molecular weight excluding hydrogens is 590 g/mol. The lowest BCUT2D eigenvalue weighted by atomic mass is 9.81. The molecule has 0 fully saturated rings. The Morgan fingerprint density at radius 1 is 0.698 bits per heavy atom. The molecule has 1 heterocycles. The Morgan fingerprint density at radius 2 is 1.42 bits per heavy atom. The zero-order valence-electron chi connectivity index (χ0n) is 24.1. The first-order valence-electron chi connectivity index (χ1n) is 14.8. The van der Waals surface area contributed by atoms with E-state index in [0.29, 0.717) is 0 Å². The lowest BCUT2D eigenvalue weighted by Crippen LogP contribution is -2.17. The van der Waals surface area contributed by atoms with Crippen molar-refractivity contribution in [2.75, 3.05) is 4.90 Å². The normalized spacial score (nSPS) is 15.1. The average molecular weight is 621 g/mol. The van der Waals surface area contributed by atoms with E-state index >= 15 is 0 Å². The van der Waals surface area contributed by atoms with Crippen LogP contribution in [-0.2, 0) is 5.41 Å². The van der Waals surface area contributed by atoms with E-state index in [9.17, 15) is 0 Å². The summed E-state index contributed by atoms with van der Waals surface area (Å²) in [7, 11) is 0. The summed E-state index contributed by atoms with van der Waals surface area (Å²) in [5.41, 5.74) is 13.1. The van der Waals surface area contributed by atoms with Gasteiger partial charge >= 0.3 is 0 Å². The Balaban J connectivity index is 1.37. The Bertz CT molecular complexity index is 2130. The molecule has 0 spiro atoms. The van der Waals surface area contributed by atoms with Crippen molar-refractivity contribution in [3.8, 4) is 11.1 Å². The van der Waals surface area contributed by atoms with Gasteiger partial charge in [0.25, 0.3) is 0 Å². The Morgan fingerprint density at radius 3 is 2.23 bits per heavy atom. The van der Waals surface area contributed by atoms with Gasteiger partial charge in [-0.25, -0.2) is 0 Å². The van der Waals surface area contributed by atoms with Gasteiger partial charge in [-0.2, -0.15) is 0 Å². The maximum absolute atomic E-state index is 6.24. The second-order valence-electron chi connectivity index (χ2n) is 11.9. The van der Waals surface area contributed by atoms with Gasteiger partial charge in [0.05, 0.1) is 5.69 Å². The molecule has 43 heavy (non-hydrogen) atoms. The first kappa shape index (κ1) is 26.1. The molecule has 2 aliphatic rings. The Hall–Kier alpha value is -4.60. The molecule has 0 atom stereocenters. The number of furan rings is 1. The number of halogens is 1. The van der Waals surface area contributed by atoms with Gasteiger partial charge in [0, 0.05) is 37.6 Å². The van der Waals surface area contributed by atoms with Crippen LogP contribution in [0.2, 0.25) is 0 Å². The first-order chi connectivity index (χ1) is 21.0. The van der Waals surface area contributed by atoms with Crippen LogP contribution in [0.4, 0.5) is 17.1 Å². The maximum atomic E-state index is 6.24. The van der Waals surface area contributed by atoms with E-state index in [2.05, 4.69) is 156 Å². The van der Waals surface area contributed by atoms with E-state index in [1.165, 1.54) is 39.1 Å². The van der Waals surface area contributed by atoms with Gasteiger partial charge < -0.3 is 9.32 Å². The molecule has 0 bridgehead atoms. The smallest absolute Gasteiger partial charge is 0.135 e. The number of fused-ring (bicyclic) bond motifs is 5. The zero-order valence-corrected chi connectivity index (χ0v) is 25.7. The molecular formula is C40H30BrNO. The van der Waals surface area contributed by atoms with Crippen LogP contribution in [0, 0.1) is 0 Å². The Labute approximate surface area is 260 Å². The molecule has 3 heteroatoms. The van der Waals surface area contributed by atoms with Crippen LogP contribution in [-0.4, -0.2) is 0 Å². The molecule has 0 aliphatic heterocycles. The topological polar surface area (TPSA) is 16.4 Å². The molecule has 0 amide bonds. The van der Waals surface area contributed by atoms with Gasteiger partial charge in [-0.15, -0.1) is 0 Å². The molecule has 2 aliphatic carbocycles. The third-order valence-corrected chi connectivity index (χ3v) is 9.49.